The van der Waals surface area contributed by atoms with Crippen molar-refractivity contribution in [3.63, 3.8) is 0 Å². The number of carbonyl (C=O) groups excluding carboxylic acids is 2. The Balaban J connectivity index is 1.68. The fourth-order valence-electron chi connectivity index (χ4n) is 2.86. The van der Waals surface area contributed by atoms with Crippen LogP contribution in [0.2, 0.25) is 0 Å². The number of anilines is 1. The number of hydrogen-bond acceptors (Lipinski definition) is 5. The Kier molecular flexibility index (Phi) is 7.21. The Hall–Kier alpha value is -3.72. The molecular weight excluding hydrogens is 428 g/mol. The van der Waals surface area contributed by atoms with Gasteiger partial charge in [-0.3, -0.25) is 9.78 Å². The zero-order valence-corrected chi connectivity index (χ0v) is 18.5. The summed E-state index contributed by atoms with van der Waals surface area (Å²) in [5.41, 5.74) is 1.62. The van der Waals surface area contributed by atoms with Gasteiger partial charge >= 0.3 is 6.03 Å². The Morgan fingerprint density at radius 1 is 0.938 bits per heavy atom. The monoisotopic (exact) mass is 452 g/mol. The molecule has 1 heterocycles. The third-order valence-electron chi connectivity index (χ3n) is 4.45. The maximum atomic E-state index is 13.0. The number of nitrogens with zero attached hydrogens (tertiary/aromatic N) is 1. The van der Waals surface area contributed by atoms with E-state index in [2.05, 4.69) is 20.9 Å². The van der Waals surface area contributed by atoms with Gasteiger partial charge in [0.15, 0.2) is 0 Å². The van der Waals surface area contributed by atoms with Crippen molar-refractivity contribution in [2.24, 2.45) is 0 Å². The quantitative estimate of drug-likeness (QED) is 0.508. The number of sulfone groups is 1. The summed E-state index contributed by atoms with van der Waals surface area (Å²) in [5.74, 6) is -0.339. The number of nitrogens with one attached hydrogen (secondary N) is 3. The van der Waals surface area contributed by atoms with E-state index in [-0.39, 0.29) is 27.3 Å². The van der Waals surface area contributed by atoms with E-state index >= 15 is 0 Å². The van der Waals surface area contributed by atoms with Gasteiger partial charge in [0.25, 0.3) is 5.91 Å². The predicted molar refractivity (Wildman–Crippen MR) is 121 cm³/mol. The first-order valence-electron chi connectivity index (χ1n) is 9.95. The molecule has 0 radical (unpaired) electrons. The van der Waals surface area contributed by atoms with E-state index in [1.54, 1.807) is 30.6 Å². The van der Waals surface area contributed by atoms with E-state index in [1.165, 1.54) is 42.5 Å². The van der Waals surface area contributed by atoms with Crippen LogP contribution in [0.4, 0.5) is 10.5 Å². The minimum Gasteiger partial charge on any atom is -0.350 e. The predicted octanol–water partition coefficient (Wildman–Crippen LogP) is 3.37. The normalized spacial score (nSPS) is 11.1. The number of pyridine rings is 1. The molecule has 0 unspecified atom stereocenters. The fraction of sp³-hybridized carbons (Fsp3) is 0.174. The van der Waals surface area contributed by atoms with E-state index in [1.807, 2.05) is 13.8 Å². The van der Waals surface area contributed by atoms with Crippen LogP contribution in [0.1, 0.15) is 29.8 Å². The molecule has 3 amide bonds. The third kappa shape index (κ3) is 5.92. The highest BCUT2D eigenvalue weighted by molar-refractivity contribution is 7.91. The van der Waals surface area contributed by atoms with Crippen LogP contribution in [0.15, 0.2) is 82.8 Å². The lowest BCUT2D eigenvalue weighted by molar-refractivity contribution is 0.0943. The summed E-state index contributed by atoms with van der Waals surface area (Å²) in [6.07, 6.45) is 3.28. The lowest BCUT2D eigenvalue weighted by atomic mass is 10.2. The fourth-order valence-corrected chi connectivity index (χ4v) is 4.17. The number of rotatable bonds is 7. The van der Waals surface area contributed by atoms with E-state index < -0.39 is 15.9 Å². The molecule has 0 bridgehead atoms. The van der Waals surface area contributed by atoms with Gasteiger partial charge in [0.2, 0.25) is 9.84 Å². The molecule has 3 N–H and O–H groups in total. The number of aromatic nitrogens is 1. The van der Waals surface area contributed by atoms with Crippen LogP contribution < -0.4 is 16.0 Å². The van der Waals surface area contributed by atoms with Gasteiger partial charge in [0, 0.05) is 36.2 Å². The summed E-state index contributed by atoms with van der Waals surface area (Å²) in [7, 11) is -3.83. The van der Waals surface area contributed by atoms with Gasteiger partial charge in [-0.15, -0.1) is 0 Å². The average molecular weight is 453 g/mol. The van der Waals surface area contributed by atoms with Crippen molar-refractivity contribution >= 4 is 27.5 Å². The van der Waals surface area contributed by atoms with Crippen molar-refractivity contribution in [1.29, 1.82) is 0 Å². The second-order valence-corrected chi connectivity index (χ2v) is 9.30. The Morgan fingerprint density at radius 2 is 1.62 bits per heavy atom. The Bertz CT molecular complexity index is 1190. The maximum absolute atomic E-state index is 13.0. The standard InChI is InChI=1S/C23H24N4O4S/c1-16(2)26-22(28)18-4-3-5-21(14-18)32(30,31)20-8-6-19(7-9-20)27-23(29)25-15-17-10-12-24-13-11-17/h3-14,16H,15H2,1-2H3,(H,26,28)(H2,25,27,29). The molecule has 32 heavy (non-hydrogen) atoms. The molecule has 0 spiro atoms. The number of urea groups is 1. The van der Waals surface area contributed by atoms with E-state index in [4.69, 9.17) is 0 Å². The first-order valence-corrected chi connectivity index (χ1v) is 11.4. The Labute approximate surface area is 187 Å². The molecular formula is C23H24N4O4S. The molecule has 166 valence electrons. The van der Waals surface area contributed by atoms with Crippen LogP contribution in [0.5, 0.6) is 0 Å². The van der Waals surface area contributed by atoms with Crippen molar-refractivity contribution < 1.29 is 18.0 Å². The molecule has 0 aliphatic carbocycles. The number of hydrogen-bond donors (Lipinski definition) is 3. The molecule has 9 heteroatoms. The van der Waals surface area contributed by atoms with Gasteiger partial charge in [-0.05, 0) is 74.0 Å². The molecule has 0 saturated heterocycles. The lowest BCUT2D eigenvalue weighted by Crippen LogP contribution is -2.30. The number of amides is 3. The average Bonchev–Trinajstić information content (AvgIpc) is 2.78. The molecule has 0 fully saturated rings. The molecule has 8 nitrogen and oxygen atoms in total. The van der Waals surface area contributed by atoms with Crippen LogP contribution in [0.25, 0.3) is 0 Å². The number of benzene rings is 2. The van der Waals surface area contributed by atoms with Crippen molar-refractivity contribution in [2.45, 2.75) is 36.2 Å². The molecule has 0 saturated carbocycles. The summed E-state index contributed by atoms with van der Waals surface area (Å²) < 4.78 is 26.0. The first kappa shape index (κ1) is 23.0. The van der Waals surface area contributed by atoms with E-state index in [0.717, 1.165) is 5.56 Å². The minimum absolute atomic E-state index is 0.0182. The van der Waals surface area contributed by atoms with Crippen LogP contribution in [-0.4, -0.2) is 31.4 Å². The van der Waals surface area contributed by atoms with Gasteiger partial charge in [-0.25, -0.2) is 13.2 Å². The van der Waals surface area contributed by atoms with E-state index in [0.29, 0.717) is 12.2 Å². The third-order valence-corrected chi connectivity index (χ3v) is 6.22. The molecule has 0 aliphatic rings. The largest absolute Gasteiger partial charge is 0.350 e. The van der Waals surface area contributed by atoms with Gasteiger partial charge in [0.05, 0.1) is 9.79 Å². The topological polar surface area (TPSA) is 117 Å². The van der Waals surface area contributed by atoms with Gasteiger partial charge in [0.1, 0.15) is 0 Å². The second-order valence-electron chi connectivity index (χ2n) is 7.35. The lowest BCUT2D eigenvalue weighted by Gasteiger charge is -2.11. The summed E-state index contributed by atoms with van der Waals surface area (Å²) in [4.78, 5) is 28.3. The van der Waals surface area contributed by atoms with Crippen molar-refractivity contribution in [3.8, 4) is 0 Å². The summed E-state index contributed by atoms with van der Waals surface area (Å²) >= 11 is 0. The summed E-state index contributed by atoms with van der Waals surface area (Å²) in [6.45, 7) is 3.99. The van der Waals surface area contributed by atoms with Crippen molar-refractivity contribution in [2.75, 3.05) is 5.32 Å². The molecule has 1 aromatic heterocycles. The van der Waals surface area contributed by atoms with Crippen LogP contribution >= 0.6 is 0 Å². The number of carbonyl (C=O) groups is 2. The molecule has 0 atom stereocenters. The minimum atomic E-state index is -3.83. The van der Waals surface area contributed by atoms with Crippen LogP contribution in [0, 0.1) is 0 Å². The SMILES string of the molecule is CC(C)NC(=O)c1cccc(S(=O)(=O)c2ccc(NC(=O)NCc3ccncc3)cc2)c1. The van der Waals surface area contributed by atoms with Crippen molar-refractivity contribution in [1.82, 2.24) is 15.6 Å². The summed E-state index contributed by atoms with van der Waals surface area (Å²) in [6, 6.07) is 14.8. The molecule has 3 aromatic rings. The van der Waals surface area contributed by atoms with Crippen LogP contribution in [0.3, 0.4) is 0 Å². The van der Waals surface area contributed by atoms with Gasteiger partial charge in [-0.1, -0.05) is 6.07 Å². The molecule has 3 rings (SSSR count). The van der Waals surface area contributed by atoms with Crippen molar-refractivity contribution in [3.05, 3.63) is 84.2 Å². The Morgan fingerprint density at radius 3 is 2.28 bits per heavy atom. The molecule has 2 aromatic carbocycles. The smallest absolute Gasteiger partial charge is 0.319 e. The first-order chi connectivity index (χ1) is 15.3. The second kappa shape index (κ2) is 10.1. The summed E-state index contributed by atoms with van der Waals surface area (Å²) in [5, 5.41) is 8.11. The highest BCUT2D eigenvalue weighted by Crippen LogP contribution is 2.23. The van der Waals surface area contributed by atoms with Gasteiger partial charge in [-0.2, -0.15) is 0 Å². The van der Waals surface area contributed by atoms with Gasteiger partial charge < -0.3 is 16.0 Å². The highest BCUT2D eigenvalue weighted by Gasteiger charge is 2.19. The van der Waals surface area contributed by atoms with E-state index in [9.17, 15) is 18.0 Å². The van der Waals surface area contributed by atoms with Crippen LogP contribution in [-0.2, 0) is 16.4 Å². The molecule has 0 aliphatic heterocycles. The zero-order valence-electron chi connectivity index (χ0n) is 17.7. The zero-order chi connectivity index (χ0) is 23.1. The maximum Gasteiger partial charge on any atom is 0.319 e. The highest BCUT2D eigenvalue weighted by atomic mass is 32.2.